The van der Waals surface area contributed by atoms with E-state index in [1.54, 1.807) is 12.1 Å². The number of ether oxygens (including phenoxy) is 1. The summed E-state index contributed by atoms with van der Waals surface area (Å²) in [6, 6.07) is 4.58. The minimum atomic E-state index is -0.455. The molecule has 0 atom stereocenters. The summed E-state index contributed by atoms with van der Waals surface area (Å²) in [5, 5.41) is 6.66. The first-order valence-electron chi connectivity index (χ1n) is 6.55. The van der Waals surface area contributed by atoms with E-state index in [2.05, 4.69) is 15.5 Å². The molecule has 0 spiro atoms. The van der Waals surface area contributed by atoms with Crippen molar-refractivity contribution >= 4 is 38.9 Å². The smallest absolute Gasteiger partial charge is 0.263 e. The lowest BCUT2D eigenvalue weighted by atomic mass is 10.2. The molecule has 1 aromatic carbocycles. The van der Waals surface area contributed by atoms with Gasteiger partial charge in [-0.15, -0.1) is 11.3 Å². The summed E-state index contributed by atoms with van der Waals surface area (Å²) >= 11 is 7.25. The number of carbonyl (C=O) groups is 1. The molecule has 1 N–H and O–H groups in total. The summed E-state index contributed by atoms with van der Waals surface area (Å²) < 4.78 is 24.2. The van der Waals surface area contributed by atoms with Gasteiger partial charge in [-0.05, 0) is 12.1 Å². The first kappa shape index (κ1) is 15.9. The number of benzene rings is 1. The van der Waals surface area contributed by atoms with Gasteiger partial charge in [-0.3, -0.25) is 4.79 Å². The number of amides is 1. The van der Waals surface area contributed by atoms with Gasteiger partial charge in [0.1, 0.15) is 17.3 Å². The number of thiophene rings is 1. The third-order valence-corrected chi connectivity index (χ3v) is 4.64. The van der Waals surface area contributed by atoms with Crippen LogP contribution in [0.3, 0.4) is 0 Å². The number of fused-ring (bicyclic) bond motifs is 1. The van der Waals surface area contributed by atoms with Crippen molar-refractivity contribution in [1.29, 1.82) is 0 Å². The normalized spacial score (nSPS) is 11.1. The molecule has 0 unspecified atom stereocenters. The first-order chi connectivity index (χ1) is 11.1. The Labute approximate surface area is 139 Å². The number of hydrogen-bond acceptors (Lipinski definition) is 6. The Bertz CT molecular complexity index is 864. The van der Waals surface area contributed by atoms with Crippen LogP contribution in [0.25, 0.3) is 10.1 Å². The van der Waals surface area contributed by atoms with Crippen LogP contribution in [0.15, 0.2) is 22.7 Å². The molecule has 23 heavy (non-hydrogen) atoms. The van der Waals surface area contributed by atoms with Crippen LogP contribution in [-0.2, 0) is 17.9 Å². The highest BCUT2D eigenvalue weighted by Crippen LogP contribution is 2.36. The van der Waals surface area contributed by atoms with Crippen LogP contribution in [0, 0.1) is 5.82 Å². The van der Waals surface area contributed by atoms with Crippen LogP contribution in [0.2, 0.25) is 5.02 Å². The van der Waals surface area contributed by atoms with E-state index in [9.17, 15) is 9.18 Å². The fraction of sp³-hybridized carbons (Fsp3) is 0.214. The third kappa shape index (κ3) is 3.19. The summed E-state index contributed by atoms with van der Waals surface area (Å²) in [6.45, 7) is 0.265. The molecule has 2 aromatic heterocycles. The maximum absolute atomic E-state index is 13.8. The molecule has 6 nitrogen and oxygen atoms in total. The Morgan fingerprint density at radius 2 is 2.35 bits per heavy atom. The maximum Gasteiger partial charge on any atom is 0.263 e. The zero-order valence-corrected chi connectivity index (χ0v) is 13.5. The minimum absolute atomic E-state index is 0.0442. The molecule has 2 heterocycles. The number of carbonyl (C=O) groups excluding carboxylic acids is 1. The van der Waals surface area contributed by atoms with Gasteiger partial charge in [-0.1, -0.05) is 22.8 Å². The van der Waals surface area contributed by atoms with Crippen LogP contribution >= 0.6 is 22.9 Å². The Morgan fingerprint density at radius 3 is 3.09 bits per heavy atom. The number of aromatic nitrogens is 2. The number of nitrogens with zero attached hydrogens (tertiary/aromatic N) is 2. The summed E-state index contributed by atoms with van der Waals surface area (Å²) in [7, 11) is 1.51. The molecule has 3 aromatic rings. The summed E-state index contributed by atoms with van der Waals surface area (Å²) in [5.74, 6) is -0.251. The Morgan fingerprint density at radius 1 is 1.52 bits per heavy atom. The van der Waals surface area contributed by atoms with Crippen LogP contribution < -0.4 is 5.32 Å². The molecule has 1 amide bonds. The molecule has 0 bridgehead atoms. The standard InChI is InChI=1S/C14H11ClFN3O3S/c1-21-6-9-18-10(22-19-9)5-17-14(20)13-12(15)11-7(16)3-2-4-8(11)23-13/h2-4H,5-6H2,1H3,(H,17,20). The van der Waals surface area contributed by atoms with Crippen LogP contribution in [0.5, 0.6) is 0 Å². The minimum Gasteiger partial charge on any atom is -0.377 e. The van der Waals surface area contributed by atoms with Crippen molar-refractivity contribution in [2.75, 3.05) is 7.11 Å². The van der Waals surface area contributed by atoms with Gasteiger partial charge in [-0.25, -0.2) is 4.39 Å². The monoisotopic (exact) mass is 355 g/mol. The second-order valence-electron chi connectivity index (χ2n) is 4.58. The molecule has 0 aliphatic rings. The van der Waals surface area contributed by atoms with Gasteiger partial charge in [0.2, 0.25) is 5.89 Å². The molecule has 9 heteroatoms. The third-order valence-electron chi connectivity index (χ3n) is 3.00. The van der Waals surface area contributed by atoms with E-state index >= 15 is 0 Å². The van der Waals surface area contributed by atoms with Crippen molar-refractivity contribution in [2.45, 2.75) is 13.2 Å². The number of halogens is 2. The van der Waals surface area contributed by atoms with Crippen molar-refractivity contribution in [1.82, 2.24) is 15.5 Å². The highest BCUT2D eigenvalue weighted by molar-refractivity contribution is 7.21. The van der Waals surface area contributed by atoms with Gasteiger partial charge in [0.25, 0.3) is 5.91 Å². The lowest BCUT2D eigenvalue weighted by Crippen LogP contribution is -2.22. The predicted octanol–water partition coefficient (Wildman–Crippen LogP) is 3.15. The Kier molecular flexibility index (Phi) is 4.56. The summed E-state index contributed by atoms with van der Waals surface area (Å²) in [4.78, 5) is 16.5. The molecule has 0 fully saturated rings. The molecular weight excluding hydrogens is 345 g/mol. The van der Waals surface area contributed by atoms with Gasteiger partial charge in [0.05, 0.1) is 11.6 Å². The quantitative estimate of drug-likeness (QED) is 0.760. The molecule has 0 radical (unpaired) electrons. The fourth-order valence-electron chi connectivity index (χ4n) is 2.00. The number of nitrogens with one attached hydrogen (secondary N) is 1. The van der Waals surface area contributed by atoms with Crippen LogP contribution in [-0.4, -0.2) is 23.2 Å². The zero-order valence-electron chi connectivity index (χ0n) is 11.9. The maximum atomic E-state index is 13.8. The van der Waals surface area contributed by atoms with Gasteiger partial charge in [0.15, 0.2) is 5.82 Å². The number of hydrogen-bond donors (Lipinski definition) is 1. The molecule has 0 saturated carbocycles. The lowest BCUT2D eigenvalue weighted by molar-refractivity contribution is 0.0950. The van der Waals surface area contributed by atoms with E-state index in [1.807, 2.05) is 0 Å². The number of rotatable bonds is 5. The molecule has 0 aliphatic carbocycles. The van der Waals surface area contributed by atoms with Gasteiger partial charge in [0, 0.05) is 17.2 Å². The SMILES string of the molecule is COCc1noc(CNC(=O)c2sc3cccc(F)c3c2Cl)n1. The fourth-order valence-corrected chi connectivity index (χ4v) is 3.48. The van der Waals surface area contributed by atoms with E-state index in [0.29, 0.717) is 10.5 Å². The van der Waals surface area contributed by atoms with Crippen molar-refractivity contribution in [3.05, 3.63) is 45.6 Å². The van der Waals surface area contributed by atoms with E-state index in [-0.39, 0.29) is 34.3 Å². The van der Waals surface area contributed by atoms with Crippen molar-refractivity contribution in [2.24, 2.45) is 0 Å². The Hall–Kier alpha value is -2.03. The van der Waals surface area contributed by atoms with E-state index < -0.39 is 11.7 Å². The molecular formula is C14H11ClFN3O3S. The largest absolute Gasteiger partial charge is 0.377 e. The predicted molar refractivity (Wildman–Crippen MR) is 83.0 cm³/mol. The second-order valence-corrected chi connectivity index (χ2v) is 6.01. The average molecular weight is 356 g/mol. The van der Waals surface area contributed by atoms with E-state index in [1.165, 1.54) is 13.2 Å². The highest BCUT2D eigenvalue weighted by Gasteiger charge is 2.19. The first-order valence-corrected chi connectivity index (χ1v) is 7.74. The van der Waals surface area contributed by atoms with Crippen LogP contribution in [0.1, 0.15) is 21.4 Å². The van der Waals surface area contributed by atoms with Crippen molar-refractivity contribution < 1.29 is 18.4 Å². The summed E-state index contributed by atoms with van der Waals surface area (Å²) in [6.07, 6.45) is 0. The van der Waals surface area contributed by atoms with E-state index in [0.717, 1.165) is 11.3 Å². The van der Waals surface area contributed by atoms with Gasteiger partial charge in [-0.2, -0.15) is 4.98 Å². The van der Waals surface area contributed by atoms with Gasteiger partial charge < -0.3 is 14.6 Å². The average Bonchev–Trinajstić information content (AvgIpc) is 3.11. The second kappa shape index (κ2) is 6.61. The molecule has 3 rings (SSSR count). The molecule has 0 aliphatic heterocycles. The molecule has 120 valence electrons. The summed E-state index contributed by atoms with van der Waals surface area (Å²) in [5.41, 5.74) is 0. The molecule has 0 saturated heterocycles. The zero-order chi connectivity index (χ0) is 16.4. The lowest BCUT2D eigenvalue weighted by Gasteiger charge is -2.00. The van der Waals surface area contributed by atoms with Crippen LogP contribution in [0.4, 0.5) is 4.39 Å². The number of methoxy groups -OCH3 is 1. The topological polar surface area (TPSA) is 77.3 Å². The highest BCUT2D eigenvalue weighted by atomic mass is 35.5. The van der Waals surface area contributed by atoms with E-state index in [4.69, 9.17) is 20.9 Å². The Balaban J connectivity index is 1.75. The van der Waals surface area contributed by atoms with Crippen molar-refractivity contribution in [3.63, 3.8) is 0 Å². The van der Waals surface area contributed by atoms with Crippen molar-refractivity contribution in [3.8, 4) is 0 Å². The van der Waals surface area contributed by atoms with Gasteiger partial charge >= 0.3 is 0 Å².